The van der Waals surface area contributed by atoms with Crippen molar-refractivity contribution < 1.29 is 19.5 Å². The Bertz CT molecular complexity index is 731. The van der Waals surface area contributed by atoms with E-state index in [2.05, 4.69) is 0 Å². The van der Waals surface area contributed by atoms with Crippen LogP contribution in [0.2, 0.25) is 0 Å². The number of carbonyl (C=O) groups is 3. The van der Waals surface area contributed by atoms with Crippen molar-refractivity contribution in [2.75, 3.05) is 13.1 Å². The van der Waals surface area contributed by atoms with Gasteiger partial charge in [-0.1, -0.05) is 38.1 Å². The number of likely N-dealkylation sites (tertiary alicyclic amines) is 1. The molecule has 1 aromatic rings. The Morgan fingerprint density at radius 1 is 1.19 bits per heavy atom. The summed E-state index contributed by atoms with van der Waals surface area (Å²) in [7, 11) is 0. The highest BCUT2D eigenvalue weighted by Gasteiger charge is 2.38. The molecule has 1 N–H and O–H groups in total. The Morgan fingerprint density at radius 2 is 1.89 bits per heavy atom. The van der Waals surface area contributed by atoms with Crippen molar-refractivity contribution in [2.24, 2.45) is 11.8 Å². The summed E-state index contributed by atoms with van der Waals surface area (Å²) in [5, 5.41) is 9.32. The molecule has 0 radical (unpaired) electrons. The Labute approximate surface area is 160 Å². The van der Waals surface area contributed by atoms with Gasteiger partial charge < -0.3 is 14.9 Å². The molecule has 27 heavy (non-hydrogen) atoms. The zero-order chi connectivity index (χ0) is 19.6. The van der Waals surface area contributed by atoms with E-state index in [0.717, 1.165) is 11.1 Å². The van der Waals surface area contributed by atoms with Gasteiger partial charge in [-0.3, -0.25) is 14.4 Å². The van der Waals surface area contributed by atoms with Crippen LogP contribution in [-0.2, 0) is 27.3 Å². The molecular weight excluding hydrogens is 344 g/mol. The van der Waals surface area contributed by atoms with Gasteiger partial charge in [0.1, 0.15) is 6.04 Å². The number of carboxylic acids is 1. The molecule has 0 bridgehead atoms. The molecule has 2 aliphatic heterocycles. The molecule has 146 valence electrons. The zero-order valence-electron chi connectivity index (χ0n) is 16.1. The van der Waals surface area contributed by atoms with E-state index < -0.39 is 17.9 Å². The van der Waals surface area contributed by atoms with E-state index in [-0.39, 0.29) is 24.3 Å². The van der Waals surface area contributed by atoms with E-state index in [1.54, 1.807) is 9.80 Å². The third kappa shape index (κ3) is 4.31. The van der Waals surface area contributed by atoms with Crippen molar-refractivity contribution in [2.45, 2.75) is 52.1 Å². The van der Waals surface area contributed by atoms with Crippen molar-refractivity contribution in [3.63, 3.8) is 0 Å². The number of hydrogen-bond donors (Lipinski definition) is 1. The number of hydrogen-bond acceptors (Lipinski definition) is 3. The molecule has 0 aliphatic carbocycles. The summed E-state index contributed by atoms with van der Waals surface area (Å²) in [5.41, 5.74) is 2.18. The first kappa shape index (κ1) is 19.4. The molecule has 6 heteroatoms. The maximum absolute atomic E-state index is 13.3. The highest BCUT2D eigenvalue weighted by Crippen LogP contribution is 2.27. The van der Waals surface area contributed by atoms with E-state index >= 15 is 0 Å². The van der Waals surface area contributed by atoms with Crippen molar-refractivity contribution in [3.8, 4) is 0 Å². The van der Waals surface area contributed by atoms with Crippen LogP contribution in [-0.4, -0.2) is 51.8 Å². The topological polar surface area (TPSA) is 77.9 Å². The molecule has 1 unspecified atom stereocenters. The van der Waals surface area contributed by atoms with Crippen LogP contribution >= 0.6 is 0 Å². The van der Waals surface area contributed by atoms with Crippen molar-refractivity contribution in [3.05, 3.63) is 35.4 Å². The number of carbonyl (C=O) groups excluding carboxylic acids is 2. The maximum atomic E-state index is 13.3. The van der Waals surface area contributed by atoms with Gasteiger partial charge in [0.15, 0.2) is 0 Å². The van der Waals surface area contributed by atoms with Crippen molar-refractivity contribution in [1.29, 1.82) is 0 Å². The Balaban J connectivity index is 1.84. The minimum Gasteiger partial charge on any atom is -0.481 e. The van der Waals surface area contributed by atoms with Gasteiger partial charge in [0, 0.05) is 32.5 Å². The van der Waals surface area contributed by atoms with Crippen LogP contribution < -0.4 is 0 Å². The normalized spacial score (nSPS) is 22.5. The first-order chi connectivity index (χ1) is 12.9. The van der Waals surface area contributed by atoms with Gasteiger partial charge >= 0.3 is 5.97 Å². The van der Waals surface area contributed by atoms with Crippen molar-refractivity contribution >= 4 is 17.8 Å². The number of carboxylic acid groups (broad SMARTS) is 1. The van der Waals surface area contributed by atoms with Crippen molar-refractivity contribution in [1.82, 2.24) is 9.80 Å². The SMILES string of the molecule is CC(C)CC(=O)N1Cc2ccccc2CC1C(=O)N1CCC[C@H](C(=O)O)C1. The molecular formula is C21H28N2O4. The van der Waals surface area contributed by atoms with Crippen LogP contribution in [0.3, 0.4) is 0 Å². The van der Waals surface area contributed by atoms with Crippen LogP contribution in [0.5, 0.6) is 0 Å². The van der Waals surface area contributed by atoms with Crippen LogP contribution in [0, 0.1) is 11.8 Å². The molecule has 1 aromatic carbocycles. The third-order valence-electron chi connectivity index (χ3n) is 5.52. The Kier molecular flexibility index (Phi) is 5.82. The number of fused-ring (bicyclic) bond motifs is 1. The lowest BCUT2D eigenvalue weighted by atomic mass is 9.91. The largest absolute Gasteiger partial charge is 0.481 e. The molecule has 1 fully saturated rings. The van der Waals surface area contributed by atoms with Gasteiger partial charge in [0.25, 0.3) is 0 Å². The molecule has 6 nitrogen and oxygen atoms in total. The lowest BCUT2D eigenvalue weighted by Crippen LogP contribution is -2.55. The van der Waals surface area contributed by atoms with Crippen LogP contribution in [0.25, 0.3) is 0 Å². The van der Waals surface area contributed by atoms with Gasteiger partial charge in [-0.2, -0.15) is 0 Å². The molecule has 2 amide bonds. The summed E-state index contributed by atoms with van der Waals surface area (Å²) in [6.45, 7) is 5.23. The van der Waals surface area contributed by atoms with Gasteiger partial charge in [-0.15, -0.1) is 0 Å². The molecule has 0 saturated carbocycles. The second-order valence-electron chi connectivity index (χ2n) is 8.07. The van der Waals surface area contributed by atoms with E-state index in [0.29, 0.717) is 38.8 Å². The zero-order valence-corrected chi connectivity index (χ0v) is 16.1. The van der Waals surface area contributed by atoms with E-state index in [1.165, 1.54) is 0 Å². The second kappa shape index (κ2) is 8.11. The molecule has 2 heterocycles. The quantitative estimate of drug-likeness (QED) is 0.880. The summed E-state index contributed by atoms with van der Waals surface area (Å²) < 4.78 is 0. The smallest absolute Gasteiger partial charge is 0.308 e. The molecule has 1 saturated heterocycles. The predicted molar refractivity (Wildman–Crippen MR) is 101 cm³/mol. The molecule has 2 aliphatic rings. The highest BCUT2D eigenvalue weighted by molar-refractivity contribution is 5.89. The molecule has 0 spiro atoms. The Hall–Kier alpha value is -2.37. The van der Waals surface area contributed by atoms with Gasteiger partial charge in [-0.05, 0) is 29.9 Å². The monoisotopic (exact) mass is 372 g/mol. The standard InChI is InChI=1S/C21H28N2O4/c1-14(2)10-19(24)23-13-16-7-4-3-6-15(16)11-18(23)20(25)22-9-5-8-17(12-22)21(26)27/h3-4,6-7,14,17-18H,5,8-13H2,1-2H3,(H,26,27)/t17-,18?/m0/s1. The minimum atomic E-state index is -0.853. The average molecular weight is 372 g/mol. The van der Waals surface area contributed by atoms with E-state index in [9.17, 15) is 19.5 Å². The number of aliphatic carboxylic acids is 1. The number of amides is 2. The first-order valence-electron chi connectivity index (χ1n) is 9.74. The molecule has 3 rings (SSSR count). The number of piperidine rings is 1. The second-order valence-corrected chi connectivity index (χ2v) is 8.07. The highest BCUT2D eigenvalue weighted by atomic mass is 16.4. The summed E-state index contributed by atoms with van der Waals surface area (Å²) in [5.74, 6) is -1.28. The summed E-state index contributed by atoms with van der Waals surface area (Å²) in [6.07, 6.45) is 2.19. The third-order valence-corrected chi connectivity index (χ3v) is 5.52. The van der Waals surface area contributed by atoms with Gasteiger partial charge in [-0.25, -0.2) is 0 Å². The Morgan fingerprint density at radius 3 is 2.56 bits per heavy atom. The lowest BCUT2D eigenvalue weighted by Gasteiger charge is -2.40. The predicted octanol–water partition coefficient (Wildman–Crippen LogP) is 2.31. The van der Waals surface area contributed by atoms with Gasteiger partial charge in [0.2, 0.25) is 11.8 Å². The molecule has 0 aromatic heterocycles. The fourth-order valence-electron chi connectivity index (χ4n) is 4.06. The van der Waals surface area contributed by atoms with Gasteiger partial charge in [0.05, 0.1) is 5.92 Å². The number of benzene rings is 1. The molecule has 2 atom stereocenters. The fourth-order valence-corrected chi connectivity index (χ4v) is 4.06. The van der Waals surface area contributed by atoms with Crippen LogP contribution in [0.4, 0.5) is 0 Å². The fraction of sp³-hybridized carbons (Fsp3) is 0.571. The summed E-state index contributed by atoms with van der Waals surface area (Å²) >= 11 is 0. The number of rotatable bonds is 4. The summed E-state index contributed by atoms with van der Waals surface area (Å²) in [6, 6.07) is 7.38. The average Bonchev–Trinajstić information content (AvgIpc) is 2.65. The van der Waals surface area contributed by atoms with E-state index in [1.807, 2.05) is 38.1 Å². The lowest BCUT2D eigenvalue weighted by molar-refractivity contribution is -0.151. The van der Waals surface area contributed by atoms with Crippen LogP contribution in [0.1, 0.15) is 44.2 Å². The first-order valence-corrected chi connectivity index (χ1v) is 9.74. The number of nitrogens with zero attached hydrogens (tertiary/aromatic N) is 2. The minimum absolute atomic E-state index is 0.00959. The van der Waals surface area contributed by atoms with Crippen LogP contribution in [0.15, 0.2) is 24.3 Å². The van der Waals surface area contributed by atoms with E-state index in [4.69, 9.17) is 0 Å². The maximum Gasteiger partial charge on any atom is 0.308 e. The summed E-state index contributed by atoms with van der Waals surface area (Å²) in [4.78, 5) is 40.8.